The zero-order valence-electron chi connectivity index (χ0n) is 10.2. The van der Waals surface area contributed by atoms with Gasteiger partial charge in [0.2, 0.25) is 0 Å². The largest absolute Gasteiger partial charge is 0.477 e. The highest BCUT2D eigenvalue weighted by molar-refractivity contribution is 7.99. The van der Waals surface area contributed by atoms with Crippen LogP contribution >= 0.6 is 11.8 Å². The van der Waals surface area contributed by atoms with Gasteiger partial charge >= 0.3 is 5.97 Å². The summed E-state index contributed by atoms with van der Waals surface area (Å²) in [7, 11) is 0. The van der Waals surface area contributed by atoms with Crippen molar-refractivity contribution in [1.82, 2.24) is 0 Å². The van der Waals surface area contributed by atoms with Gasteiger partial charge in [-0.25, -0.2) is 4.79 Å². The Morgan fingerprint density at radius 1 is 1.58 bits per heavy atom. The molecule has 0 fully saturated rings. The lowest BCUT2D eigenvalue weighted by atomic mass is 10.1. The van der Waals surface area contributed by atoms with Crippen LogP contribution in [-0.4, -0.2) is 34.0 Å². The van der Waals surface area contributed by atoms with Crippen molar-refractivity contribution in [3.63, 3.8) is 0 Å². The molecule has 0 spiro atoms. The van der Waals surface area contributed by atoms with E-state index in [1.165, 1.54) is 18.2 Å². The quantitative estimate of drug-likeness (QED) is 0.329. The van der Waals surface area contributed by atoms with E-state index in [2.05, 4.69) is 11.9 Å². The van der Waals surface area contributed by atoms with Crippen LogP contribution in [0.15, 0.2) is 30.9 Å². The van der Waals surface area contributed by atoms with Crippen molar-refractivity contribution in [3.8, 4) is 0 Å². The van der Waals surface area contributed by atoms with E-state index < -0.39 is 16.6 Å². The molecule has 102 valence electrons. The fourth-order valence-electron chi connectivity index (χ4n) is 1.41. The maximum absolute atomic E-state index is 10.9. The summed E-state index contributed by atoms with van der Waals surface area (Å²) in [6.45, 7) is 4.25. The zero-order chi connectivity index (χ0) is 14.3. The summed E-state index contributed by atoms with van der Waals surface area (Å²) in [5.41, 5.74) is -0.157. The second kappa shape index (κ2) is 7.42. The third kappa shape index (κ3) is 4.63. The standard InChI is InChI=1S/C12H14N2O4S/c1-2-6-19-7-5-13-9-3-4-11(14(17)18)10(8-9)12(15)16/h2-4,8,13H,1,5-7H2,(H,15,16). The number of carboxylic acid groups (broad SMARTS) is 1. The van der Waals surface area contributed by atoms with Crippen LogP contribution in [0.4, 0.5) is 11.4 Å². The number of anilines is 1. The van der Waals surface area contributed by atoms with Gasteiger partial charge in [-0.3, -0.25) is 10.1 Å². The number of nitro groups is 1. The molecule has 0 aliphatic rings. The van der Waals surface area contributed by atoms with Crippen LogP contribution in [0, 0.1) is 10.1 Å². The van der Waals surface area contributed by atoms with Gasteiger partial charge in [0, 0.05) is 29.8 Å². The SMILES string of the molecule is C=CCSCCNc1ccc([N+](=O)[O-])c(C(=O)O)c1. The molecular formula is C12H14N2O4S. The van der Waals surface area contributed by atoms with Crippen LogP contribution in [0.25, 0.3) is 0 Å². The van der Waals surface area contributed by atoms with Gasteiger partial charge in [-0.05, 0) is 12.1 Å². The molecule has 0 heterocycles. The van der Waals surface area contributed by atoms with Crippen molar-refractivity contribution in [2.75, 3.05) is 23.4 Å². The number of aromatic carboxylic acids is 1. The van der Waals surface area contributed by atoms with Gasteiger partial charge in [-0.15, -0.1) is 6.58 Å². The number of carboxylic acids is 1. The highest BCUT2D eigenvalue weighted by atomic mass is 32.2. The third-order valence-corrected chi connectivity index (χ3v) is 3.20. The van der Waals surface area contributed by atoms with Crippen LogP contribution in [0.2, 0.25) is 0 Å². The van der Waals surface area contributed by atoms with Crippen molar-refractivity contribution in [1.29, 1.82) is 0 Å². The summed E-state index contributed by atoms with van der Waals surface area (Å²) in [5, 5.41) is 22.6. The van der Waals surface area contributed by atoms with E-state index in [9.17, 15) is 14.9 Å². The fourth-order valence-corrected chi connectivity index (χ4v) is 1.99. The third-order valence-electron chi connectivity index (χ3n) is 2.23. The second-order valence-corrected chi connectivity index (χ2v) is 4.73. The monoisotopic (exact) mass is 282 g/mol. The van der Waals surface area contributed by atoms with Crippen molar-refractivity contribution >= 4 is 29.1 Å². The van der Waals surface area contributed by atoms with Gasteiger partial charge in [0.05, 0.1) is 4.92 Å². The van der Waals surface area contributed by atoms with E-state index in [1.807, 2.05) is 0 Å². The molecule has 0 aliphatic heterocycles. The molecule has 0 saturated carbocycles. The number of hydrogen-bond acceptors (Lipinski definition) is 5. The van der Waals surface area contributed by atoms with Crippen LogP contribution in [-0.2, 0) is 0 Å². The van der Waals surface area contributed by atoms with Crippen molar-refractivity contribution in [3.05, 3.63) is 46.5 Å². The number of nitro benzene ring substituents is 1. The molecule has 19 heavy (non-hydrogen) atoms. The zero-order valence-corrected chi connectivity index (χ0v) is 11.0. The predicted octanol–water partition coefficient (Wildman–Crippen LogP) is 2.62. The summed E-state index contributed by atoms with van der Waals surface area (Å²) >= 11 is 1.69. The maximum atomic E-state index is 10.9. The van der Waals surface area contributed by atoms with E-state index >= 15 is 0 Å². The van der Waals surface area contributed by atoms with Crippen LogP contribution in [0.1, 0.15) is 10.4 Å². The van der Waals surface area contributed by atoms with Crippen molar-refractivity contribution < 1.29 is 14.8 Å². The van der Waals surface area contributed by atoms with Gasteiger partial charge in [0.15, 0.2) is 0 Å². The normalized spacial score (nSPS) is 9.89. The molecule has 0 aliphatic carbocycles. The molecule has 1 aromatic carbocycles. The number of nitrogens with one attached hydrogen (secondary N) is 1. The number of nitrogens with zero attached hydrogens (tertiary/aromatic N) is 1. The summed E-state index contributed by atoms with van der Waals surface area (Å²) in [6.07, 6.45) is 1.80. The first-order valence-corrected chi connectivity index (χ1v) is 6.66. The van der Waals surface area contributed by atoms with Crippen LogP contribution in [0.5, 0.6) is 0 Å². The van der Waals surface area contributed by atoms with E-state index in [-0.39, 0.29) is 5.56 Å². The summed E-state index contributed by atoms with van der Waals surface area (Å²) in [4.78, 5) is 20.9. The molecular weight excluding hydrogens is 268 g/mol. The Bertz CT molecular complexity index is 491. The average molecular weight is 282 g/mol. The minimum Gasteiger partial charge on any atom is -0.477 e. The van der Waals surface area contributed by atoms with E-state index in [4.69, 9.17) is 5.11 Å². The minimum atomic E-state index is -1.31. The highest BCUT2D eigenvalue weighted by Crippen LogP contribution is 2.22. The lowest BCUT2D eigenvalue weighted by Gasteiger charge is -2.07. The Balaban J connectivity index is 2.70. The predicted molar refractivity (Wildman–Crippen MR) is 76.1 cm³/mol. The lowest BCUT2D eigenvalue weighted by molar-refractivity contribution is -0.385. The molecule has 0 atom stereocenters. The molecule has 0 bridgehead atoms. The molecule has 1 rings (SSSR count). The Kier molecular flexibility index (Phi) is 5.87. The summed E-state index contributed by atoms with van der Waals surface area (Å²) in [6, 6.07) is 3.98. The number of rotatable bonds is 8. The van der Waals surface area contributed by atoms with E-state index in [0.29, 0.717) is 12.2 Å². The van der Waals surface area contributed by atoms with Gasteiger partial charge in [0.1, 0.15) is 5.56 Å². The number of thioether (sulfide) groups is 1. The highest BCUT2D eigenvalue weighted by Gasteiger charge is 2.19. The molecule has 0 aromatic heterocycles. The Morgan fingerprint density at radius 3 is 2.89 bits per heavy atom. The lowest BCUT2D eigenvalue weighted by Crippen LogP contribution is -2.07. The van der Waals surface area contributed by atoms with Crippen LogP contribution < -0.4 is 5.32 Å². The maximum Gasteiger partial charge on any atom is 0.342 e. The number of benzene rings is 1. The van der Waals surface area contributed by atoms with Gasteiger partial charge in [0.25, 0.3) is 5.69 Å². The van der Waals surface area contributed by atoms with Gasteiger partial charge in [-0.1, -0.05) is 6.08 Å². The first-order chi connectivity index (χ1) is 9.06. The Labute approximate surface area is 114 Å². The van der Waals surface area contributed by atoms with Crippen LogP contribution in [0.3, 0.4) is 0 Å². The second-order valence-electron chi connectivity index (χ2n) is 3.58. The van der Waals surface area contributed by atoms with Crippen molar-refractivity contribution in [2.24, 2.45) is 0 Å². The first kappa shape index (κ1) is 15.0. The molecule has 0 radical (unpaired) electrons. The number of carbonyl (C=O) groups is 1. The molecule has 7 heteroatoms. The molecule has 1 aromatic rings. The van der Waals surface area contributed by atoms with E-state index in [1.54, 1.807) is 17.8 Å². The number of hydrogen-bond donors (Lipinski definition) is 2. The molecule has 2 N–H and O–H groups in total. The smallest absolute Gasteiger partial charge is 0.342 e. The van der Waals surface area contributed by atoms with Gasteiger partial charge < -0.3 is 10.4 Å². The summed E-state index contributed by atoms with van der Waals surface area (Å²) in [5.74, 6) is 0.379. The fraction of sp³-hybridized carbons (Fsp3) is 0.250. The van der Waals surface area contributed by atoms with Crippen molar-refractivity contribution in [2.45, 2.75) is 0 Å². The molecule has 0 unspecified atom stereocenters. The molecule has 6 nitrogen and oxygen atoms in total. The molecule has 0 amide bonds. The average Bonchev–Trinajstić information content (AvgIpc) is 2.38. The minimum absolute atomic E-state index is 0.311. The van der Waals surface area contributed by atoms with E-state index in [0.717, 1.165) is 11.5 Å². The van der Waals surface area contributed by atoms with Gasteiger partial charge in [-0.2, -0.15) is 11.8 Å². The Morgan fingerprint density at radius 2 is 2.32 bits per heavy atom. The summed E-state index contributed by atoms with van der Waals surface area (Å²) < 4.78 is 0. The molecule has 0 saturated heterocycles. The topological polar surface area (TPSA) is 92.5 Å². The Hall–Kier alpha value is -2.02. The first-order valence-electron chi connectivity index (χ1n) is 5.50.